The molecule has 178 valence electrons. The second-order valence-electron chi connectivity index (χ2n) is 8.33. The van der Waals surface area contributed by atoms with Crippen molar-refractivity contribution in [1.82, 2.24) is 25.5 Å². The van der Waals surface area contributed by atoms with Gasteiger partial charge in [0.1, 0.15) is 11.4 Å². The summed E-state index contributed by atoms with van der Waals surface area (Å²) in [5, 5.41) is 9.33. The van der Waals surface area contributed by atoms with Crippen LogP contribution in [0.4, 0.5) is 4.79 Å². The summed E-state index contributed by atoms with van der Waals surface area (Å²) in [7, 11) is 0. The molecular weight excluding hydrogens is 519 g/mol. The standard InChI is InChI=1S/C23H36N6O2.HI/c1-6-24-21(26-11-8-12-27-22(30)31-23(3,4)5)28-16-19-9-7-10-20(15-19)17-29-14-13-25-18(29)2;/h7,9-10,13-15H,6,8,11-12,16-17H2,1-5H3,(H,27,30)(H2,24,26,28);1H. The molecular formula is C23H37IN6O2. The van der Waals surface area contributed by atoms with Gasteiger partial charge in [0.05, 0.1) is 6.54 Å². The van der Waals surface area contributed by atoms with E-state index in [9.17, 15) is 4.79 Å². The van der Waals surface area contributed by atoms with Gasteiger partial charge in [-0.2, -0.15) is 0 Å². The van der Waals surface area contributed by atoms with Gasteiger partial charge >= 0.3 is 6.09 Å². The molecule has 0 spiro atoms. The Labute approximate surface area is 208 Å². The third kappa shape index (κ3) is 10.8. The van der Waals surface area contributed by atoms with Gasteiger partial charge in [0.25, 0.3) is 0 Å². The fourth-order valence-electron chi connectivity index (χ4n) is 2.91. The number of carbonyl (C=O) groups excluding carboxylic acids is 1. The maximum absolute atomic E-state index is 11.7. The zero-order valence-corrected chi connectivity index (χ0v) is 22.1. The van der Waals surface area contributed by atoms with Crippen molar-refractivity contribution in [2.75, 3.05) is 19.6 Å². The predicted octanol–water partition coefficient (Wildman–Crippen LogP) is 3.83. The Bertz CT molecular complexity index is 860. The number of rotatable bonds is 9. The van der Waals surface area contributed by atoms with Crippen LogP contribution in [0, 0.1) is 6.92 Å². The number of carbonyl (C=O) groups is 1. The number of hydrogen-bond donors (Lipinski definition) is 3. The highest BCUT2D eigenvalue weighted by Gasteiger charge is 2.15. The molecule has 2 aromatic rings. The van der Waals surface area contributed by atoms with Crippen LogP contribution in [0.3, 0.4) is 0 Å². The van der Waals surface area contributed by atoms with Gasteiger partial charge in [0.15, 0.2) is 5.96 Å². The van der Waals surface area contributed by atoms with Crippen LogP contribution < -0.4 is 16.0 Å². The Morgan fingerprint density at radius 3 is 2.53 bits per heavy atom. The first-order valence-corrected chi connectivity index (χ1v) is 10.8. The average Bonchev–Trinajstić information content (AvgIpc) is 3.09. The van der Waals surface area contributed by atoms with Crippen LogP contribution in [-0.4, -0.2) is 46.8 Å². The minimum atomic E-state index is -0.484. The van der Waals surface area contributed by atoms with E-state index in [1.165, 1.54) is 5.56 Å². The minimum Gasteiger partial charge on any atom is -0.444 e. The summed E-state index contributed by atoms with van der Waals surface area (Å²) >= 11 is 0. The molecule has 0 atom stereocenters. The number of hydrogen-bond acceptors (Lipinski definition) is 4. The molecule has 1 aromatic carbocycles. The highest BCUT2D eigenvalue weighted by Crippen LogP contribution is 2.10. The number of benzene rings is 1. The molecule has 1 amide bonds. The van der Waals surface area contributed by atoms with Gasteiger partial charge in [-0.3, -0.25) is 0 Å². The van der Waals surface area contributed by atoms with E-state index in [4.69, 9.17) is 4.74 Å². The van der Waals surface area contributed by atoms with Gasteiger partial charge in [0.2, 0.25) is 0 Å². The zero-order valence-electron chi connectivity index (χ0n) is 19.8. The van der Waals surface area contributed by atoms with E-state index in [-0.39, 0.29) is 30.1 Å². The highest BCUT2D eigenvalue weighted by atomic mass is 127. The number of ether oxygens (including phenoxy) is 1. The Kier molecular flexibility index (Phi) is 12.1. The lowest BCUT2D eigenvalue weighted by atomic mass is 10.1. The summed E-state index contributed by atoms with van der Waals surface area (Å²) in [5.41, 5.74) is 1.89. The molecule has 0 saturated carbocycles. The number of halogens is 1. The van der Waals surface area contributed by atoms with Crippen LogP contribution >= 0.6 is 24.0 Å². The van der Waals surface area contributed by atoms with E-state index in [1.54, 1.807) is 0 Å². The molecule has 1 heterocycles. The minimum absolute atomic E-state index is 0. The zero-order chi connectivity index (χ0) is 22.7. The molecule has 0 saturated heterocycles. The van der Waals surface area contributed by atoms with Crippen molar-refractivity contribution < 1.29 is 9.53 Å². The number of aliphatic imine (C=N–C) groups is 1. The molecule has 0 unspecified atom stereocenters. The summed E-state index contributed by atoms with van der Waals surface area (Å²) < 4.78 is 7.35. The normalized spacial score (nSPS) is 11.5. The second-order valence-corrected chi connectivity index (χ2v) is 8.33. The lowest BCUT2D eigenvalue weighted by molar-refractivity contribution is 0.0527. The molecule has 3 N–H and O–H groups in total. The number of nitrogens with one attached hydrogen (secondary N) is 3. The van der Waals surface area contributed by atoms with Crippen molar-refractivity contribution in [2.24, 2.45) is 4.99 Å². The maximum atomic E-state index is 11.7. The van der Waals surface area contributed by atoms with Gasteiger partial charge in [-0.05, 0) is 52.2 Å². The Morgan fingerprint density at radius 1 is 1.16 bits per heavy atom. The van der Waals surface area contributed by atoms with Crippen molar-refractivity contribution in [3.05, 3.63) is 53.6 Å². The van der Waals surface area contributed by atoms with E-state index >= 15 is 0 Å². The highest BCUT2D eigenvalue weighted by molar-refractivity contribution is 14.0. The summed E-state index contributed by atoms with van der Waals surface area (Å²) in [6.07, 6.45) is 4.19. The Balaban J connectivity index is 0.00000512. The van der Waals surface area contributed by atoms with Crippen LogP contribution in [0.25, 0.3) is 0 Å². The SMILES string of the molecule is CCNC(=NCc1cccc(Cn2ccnc2C)c1)NCCCNC(=O)OC(C)(C)C.I. The van der Waals surface area contributed by atoms with Crippen molar-refractivity contribution >= 4 is 36.0 Å². The topological polar surface area (TPSA) is 92.6 Å². The van der Waals surface area contributed by atoms with E-state index in [1.807, 2.05) is 47.0 Å². The molecule has 0 aliphatic rings. The lowest BCUT2D eigenvalue weighted by Crippen LogP contribution is -2.39. The van der Waals surface area contributed by atoms with Crippen molar-refractivity contribution in [1.29, 1.82) is 0 Å². The lowest BCUT2D eigenvalue weighted by Gasteiger charge is -2.19. The van der Waals surface area contributed by atoms with E-state index in [0.717, 1.165) is 36.9 Å². The average molecular weight is 556 g/mol. The smallest absolute Gasteiger partial charge is 0.407 e. The first-order valence-electron chi connectivity index (χ1n) is 10.8. The van der Waals surface area contributed by atoms with Gasteiger partial charge < -0.3 is 25.3 Å². The number of guanidine groups is 1. The number of aromatic nitrogens is 2. The molecule has 8 nitrogen and oxygen atoms in total. The molecule has 9 heteroatoms. The van der Waals surface area contributed by atoms with Crippen molar-refractivity contribution in [2.45, 2.75) is 59.7 Å². The van der Waals surface area contributed by atoms with Crippen LogP contribution in [0.15, 0.2) is 41.7 Å². The van der Waals surface area contributed by atoms with Gasteiger partial charge in [-0.1, -0.05) is 24.3 Å². The first kappa shape index (κ1) is 27.7. The fraction of sp³-hybridized carbons (Fsp3) is 0.522. The number of imidazole rings is 1. The monoisotopic (exact) mass is 556 g/mol. The molecule has 0 aliphatic carbocycles. The number of amides is 1. The van der Waals surface area contributed by atoms with E-state index < -0.39 is 5.60 Å². The number of alkyl carbamates (subject to hydrolysis) is 1. The van der Waals surface area contributed by atoms with Crippen LogP contribution in [0.1, 0.15) is 51.1 Å². The fourth-order valence-corrected chi connectivity index (χ4v) is 2.91. The van der Waals surface area contributed by atoms with Gasteiger partial charge in [-0.15, -0.1) is 24.0 Å². The molecule has 1 aromatic heterocycles. The van der Waals surface area contributed by atoms with Crippen LogP contribution in [0.5, 0.6) is 0 Å². The first-order chi connectivity index (χ1) is 14.8. The molecule has 2 rings (SSSR count). The largest absolute Gasteiger partial charge is 0.444 e. The summed E-state index contributed by atoms with van der Waals surface area (Å²) in [4.78, 5) is 20.6. The van der Waals surface area contributed by atoms with Crippen LogP contribution in [0.2, 0.25) is 0 Å². The van der Waals surface area contributed by atoms with Crippen LogP contribution in [-0.2, 0) is 17.8 Å². The van der Waals surface area contributed by atoms with Crippen molar-refractivity contribution in [3.63, 3.8) is 0 Å². The summed E-state index contributed by atoms with van der Waals surface area (Å²) in [5.74, 6) is 1.76. The van der Waals surface area contributed by atoms with E-state index in [0.29, 0.717) is 19.6 Å². The summed E-state index contributed by atoms with van der Waals surface area (Å²) in [6, 6.07) is 8.45. The third-order valence-corrected chi connectivity index (χ3v) is 4.35. The summed E-state index contributed by atoms with van der Waals surface area (Å²) in [6.45, 7) is 13.0. The molecule has 32 heavy (non-hydrogen) atoms. The predicted molar refractivity (Wildman–Crippen MR) is 140 cm³/mol. The van der Waals surface area contributed by atoms with Crippen molar-refractivity contribution in [3.8, 4) is 0 Å². The molecule has 0 bridgehead atoms. The van der Waals surface area contributed by atoms with Gasteiger partial charge in [-0.25, -0.2) is 14.8 Å². The Hall–Kier alpha value is -2.30. The molecule has 0 radical (unpaired) electrons. The molecule has 0 fully saturated rings. The quantitative estimate of drug-likeness (QED) is 0.189. The Morgan fingerprint density at radius 2 is 1.88 bits per heavy atom. The molecule has 0 aliphatic heterocycles. The number of aryl methyl sites for hydroxylation is 1. The van der Waals surface area contributed by atoms with Gasteiger partial charge in [0, 0.05) is 38.6 Å². The van der Waals surface area contributed by atoms with E-state index in [2.05, 4.69) is 54.8 Å². The maximum Gasteiger partial charge on any atom is 0.407 e. The third-order valence-electron chi connectivity index (χ3n) is 4.35. The second kappa shape index (κ2) is 14.0. The number of nitrogens with zero attached hydrogens (tertiary/aromatic N) is 3.